The maximum absolute atomic E-state index is 6.08. The Morgan fingerprint density at radius 3 is 2.59 bits per heavy atom. The van der Waals surface area contributed by atoms with Crippen molar-refractivity contribution < 1.29 is 9.47 Å². The maximum atomic E-state index is 6.08. The Labute approximate surface area is 139 Å². The molecule has 7 heteroatoms. The van der Waals surface area contributed by atoms with Crippen LogP contribution in [0.15, 0.2) is 18.2 Å². The van der Waals surface area contributed by atoms with Crippen molar-refractivity contribution in [2.75, 3.05) is 27.3 Å². The topological polar surface area (TPSA) is 47.5 Å². The first-order valence-electron chi connectivity index (χ1n) is 7.11. The molecule has 0 N–H and O–H groups in total. The third kappa shape index (κ3) is 3.34. The number of benzene rings is 1. The van der Waals surface area contributed by atoms with E-state index in [0.717, 1.165) is 43.2 Å². The molecule has 0 saturated carbocycles. The second kappa shape index (κ2) is 6.81. The molecule has 1 saturated heterocycles. The number of methoxy groups -OCH3 is 2. The number of ether oxygens (including phenoxy) is 2. The van der Waals surface area contributed by atoms with Crippen LogP contribution in [-0.4, -0.2) is 41.8 Å². The van der Waals surface area contributed by atoms with Crippen molar-refractivity contribution in [3.8, 4) is 11.5 Å². The summed E-state index contributed by atoms with van der Waals surface area (Å²) in [5, 5.41) is 4.09. The molecule has 1 aromatic carbocycles. The van der Waals surface area contributed by atoms with E-state index in [1.165, 1.54) is 17.1 Å². The fourth-order valence-corrected chi connectivity index (χ4v) is 3.43. The van der Waals surface area contributed by atoms with Gasteiger partial charge in [-0.05, 0) is 36.6 Å². The number of aromatic nitrogens is 2. The normalized spacial score (nSPS) is 18.6. The Morgan fingerprint density at radius 2 is 2.00 bits per heavy atom. The van der Waals surface area contributed by atoms with Crippen molar-refractivity contribution in [2.24, 2.45) is 0 Å². The summed E-state index contributed by atoms with van der Waals surface area (Å²) < 4.78 is 15.3. The molecular formula is C15H18ClN3O2S. The van der Waals surface area contributed by atoms with Crippen LogP contribution in [0.1, 0.15) is 23.6 Å². The zero-order valence-corrected chi connectivity index (χ0v) is 14.2. The molecule has 0 amide bonds. The predicted molar refractivity (Wildman–Crippen MR) is 87.1 cm³/mol. The molecule has 1 fully saturated rings. The smallest absolute Gasteiger partial charge is 0.138 e. The standard InChI is InChI=1S/C15H18ClN3O2S/c1-20-12-5-11(6-13(7-12)21-2)10-3-4-19(8-10)9-14-15(16)22-18-17-14/h5-7,10H,3-4,8-9H2,1-2H3/t10-/m0/s1. The first-order chi connectivity index (χ1) is 10.7. The lowest BCUT2D eigenvalue weighted by molar-refractivity contribution is 0.322. The monoisotopic (exact) mass is 339 g/mol. The summed E-state index contributed by atoms with van der Waals surface area (Å²) in [6.45, 7) is 2.76. The van der Waals surface area contributed by atoms with Crippen molar-refractivity contribution in [3.63, 3.8) is 0 Å². The zero-order valence-electron chi connectivity index (χ0n) is 12.6. The summed E-state index contributed by atoms with van der Waals surface area (Å²) in [4.78, 5) is 2.36. The Bertz CT molecular complexity index is 627. The van der Waals surface area contributed by atoms with E-state index in [4.69, 9.17) is 21.1 Å². The van der Waals surface area contributed by atoms with Crippen LogP contribution in [0.25, 0.3) is 0 Å². The highest BCUT2D eigenvalue weighted by molar-refractivity contribution is 7.10. The SMILES string of the molecule is COc1cc(OC)cc([C@H]2CCN(Cc3nnsc3Cl)C2)c1. The van der Waals surface area contributed by atoms with E-state index in [0.29, 0.717) is 10.3 Å². The first-order valence-corrected chi connectivity index (χ1v) is 8.26. The highest BCUT2D eigenvalue weighted by Crippen LogP contribution is 2.33. The summed E-state index contributed by atoms with van der Waals surface area (Å²) in [7, 11) is 3.35. The van der Waals surface area contributed by atoms with E-state index in [1.807, 2.05) is 6.07 Å². The Kier molecular flexibility index (Phi) is 4.81. The maximum Gasteiger partial charge on any atom is 0.138 e. The molecule has 2 heterocycles. The molecule has 1 aliphatic heterocycles. The van der Waals surface area contributed by atoms with E-state index in [2.05, 4.69) is 26.6 Å². The van der Waals surface area contributed by atoms with E-state index in [-0.39, 0.29) is 0 Å². The van der Waals surface area contributed by atoms with Crippen LogP contribution in [0, 0.1) is 0 Å². The minimum atomic E-state index is 0.467. The average Bonchev–Trinajstić information content (AvgIpc) is 3.17. The van der Waals surface area contributed by atoms with Crippen LogP contribution in [0.4, 0.5) is 0 Å². The van der Waals surface area contributed by atoms with Crippen LogP contribution >= 0.6 is 23.1 Å². The van der Waals surface area contributed by atoms with Gasteiger partial charge in [-0.15, -0.1) is 5.10 Å². The number of hydrogen-bond donors (Lipinski definition) is 0. The molecule has 0 aliphatic carbocycles. The van der Waals surface area contributed by atoms with Gasteiger partial charge in [0, 0.05) is 30.7 Å². The quantitative estimate of drug-likeness (QED) is 0.837. The van der Waals surface area contributed by atoms with Gasteiger partial charge in [-0.2, -0.15) is 0 Å². The van der Waals surface area contributed by atoms with Crippen LogP contribution in [0.2, 0.25) is 4.34 Å². The van der Waals surface area contributed by atoms with Gasteiger partial charge in [0.1, 0.15) is 21.5 Å². The summed E-state index contributed by atoms with van der Waals surface area (Å²) >= 11 is 7.32. The van der Waals surface area contributed by atoms with Gasteiger partial charge in [0.05, 0.1) is 14.2 Å². The molecule has 0 radical (unpaired) electrons. The van der Waals surface area contributed by atoms with Crippen molar-refractivity contribution in [3.05, 3.63) is 33.8 Å². The molecule has 118 valence electrons. The Hall–Kier alpha value is -1.37. The first kappa shape index (κ1) is 15.5. The number of halogens is 1. The highest BCUT2D eigenvalue weighted by atomic mass is 35.5. The molecule has 2 aromatic rings. The molecule has 1 atom stereocenters. The number of rotatable bonds is 5. The molecular weight excluding hydrogens is 322 g/mol. The number of likely N-dealkylation sites (tertiary alicyclic amines) is 1. The zero-order chi connectivity index (χ0) is 15.5. The Balaban J connectivity index is 1.71. The van der Waals surface area contributed by atoms with Crippen LogP contribution in [0.3, 0.4) is 0 Å². The fraction of sp³-hybridized carbons (Fsp3) is 0.467. The molecule has 0 unspecified atom stereocenters. The molecule has 1 aliphatic rings. The summed E-state index contributed by atoms with van der Waals surface area (Å²) in [6.07, 6.45) is 1.10. The second-order valence-electron chi connectivity index (χ2n) is 5.36. The average molecular weight is 340 g/mol. The van der Waals surface area contributed by atoms with Gasteiger partial charge in [0.2, 0.25) is 0 Å². The van der Waals surface area contributed by atoms with Crippen molar-refractivity contribution in [2.45, 2.75) is 18.9 Å². The van der Waals surface area contributed by atoms with Crippen molar-refractivity contribution >= 4 is 23.1 Å². The van der Waals surface area contributed by atoms with Crippen LogP contribution < -0.4 is 9.47 Å². The van der Waals surface area contributed by atoms with E-state index in [9.17, 15) is 0 Å². The molecule has 3 rings (SSSR count). The lowest BCUT2D eigenvalue weighted by Gasteiger charge is -2.16. The van der Waals surface area contributed by atoms with Crippen LogP contribution in [-0.2, 0) is 6.54 Å². The second-order valence-corrected chi connectivity index (χ2v) is 6.72. The van der Waals surface area contributed by atoms with Gasteiger partial charge >= 0.3 is 0 Å². The minimum Gasteiger partial charge on any atom is -0.497 e. The van der Waals surface area contributed by atoms with Crippen molar-refractivity contribution in [1.29, 1.82) is 0 Å². The predicted octanol–water partition coefficient (Wildman–Crippen LogP) is 3.20. The molecule has 0 spiro atoms. The summed E-state index contributed by atoms with van der Waals surface area (Å²) in [6, 6.07) is 6.08. The van der Waals surface area contributed by atoms with Gasteiger partial charge in [0.15, 0.2) is 0 Å². The fourth-order valence-electron chi connectivity index (χ4n) is 2.82. The lowest BCUT2D eigenvalue weighted by atomic mass is 9.98. The minimum absolute atomic E-state index is 0.467. The summed E-state index contributed by atoms with van der Waals surface area (Å²) in [5.41, 5.74) is 2.12. The van der Waals surface area contributed by atoms with Crippen LogP contribution in [0.5, 0.6) is 11.5 Å². The number of nitrogens with zero attached hydrogens (tertiary/aromatic N) is 3. The van der Waals surface area contributed by atoms with Crippen molar-refractivity contribution in [1.82, 2.24) is 14.5 Å². The van der Waals surface area contributed by atoms with E-state index < -0.39 is 0 Å². The largest absolute Gasteiger partial charge is 0.497 e. The van der Waals surface area contributed by atoms with Gasteiger partial charge in [-0.25, -0.2) is 0 Å². The highest BCUT2D eigenvalue weighted by Gasteiger charge is 2.26. The van der Waals surface area contributed by atoms with Gasteiger partial charge in [-0.1, -0.05) is 16.1 Å². The molecule has 1 aromatic heterocycles. The van der Waals surface area contributed by atoms with Gasteiger partial charge < -0.3 is 9.47 Å². The third-order valence-electron chi connectivity index (χ3n) is 4.00. The summed E-state index contributed by atoms with van der Waals surface area (Å²) in [5.74, 6) is 2.13. The molecule has 0 bridgehead atoms. The van der Waals surface area contributed by atoms with Gasteiger partial charge in [0.25, 0.3) is 0 Å². The lowest BCUT2D eigenvalue weighted by Crippen LogP contribution is -2.20. The Morgan fingerprint density at radius 1 is 1.27 bits per heavy atom. The van der Waals surface area contributed by atoms with E-state index >= 15 is 0 Å². The van der Waals surface area contributed by atoms with E-state index in [1.54, 1.807) is 14.2 Å². The third-order valence-corrected chi connectivity index (χ3v) is 4.98. The van der Waals surface area contributed by atoms with Gasteiger partial charge in [-0.3, -0.25) is 4.90 Å². The molecule has 22 heavy (non-hydrogen) atoms. The number of hydrogen-bond acceptors (Lipinski definition) is 6. The molecule has 5 nitrogen and oxygen atoms in total.